The first kappa shape index (κ1) is 17.0. The van der Waals surface area contributed by atoms with E-state index in [0.29, 0.717) is 5.56 Å². The summed E-state index contributed by atoms with van der Waals surface area (Å²) in [4.78, 5) is 1.37. The summed E-state index contributed by atoms with van der Waals surface area (Å²) >= 11 is 0. The Kier molecular flexibility index (Phi) is 5.58. The number of nitrogens with one attached hydrogen (secondary N) is 2. The van der Waals surface area contributed by atoms with Crippen LogP contribution in [0.1, 0.15) is 19.4 Å². The third kappa shape index (κ3) is 4.48. The molecule has 0 heterocycles. The van der Waals surface area contributed by atoms with Gasteiger partial charge in [0.25, 0.3) is 10.0 Å². The zero-order chi connectivity index (χ0) is 15.5. The van der Waals surface area contributed by atoms with Crippen LogP contribution < -0.4 is 10.1 Å². The molecule has 0 unspecified atom stereocenters. The molecule has 0 atom stereocenters. The lowest BCUT2D eigenvalue weighted by molar-refractivity contribution is 0.362. The van der Waals surface area contributed by atoms with E-state index < -0.39 is 26.6 Å². The molecule has 0 saturated carbocycles. The van der Waals surface area contributed by atoms with E-state index in [1.807, 2.05) is 13.8 Å². The van der Waals surface area contributed by atoms with Crippen LogP contribution in [0, 0.1) is 11.6 Å². The van der Waals surface area contributed by atoms with Crippen molar-refractivity contribution in [3.8, 4) is 0 Å². The van der Waals surface area contributed by atoms with Crippen LogP contribution in [0.3, 0.4) is 0 Å². The van der Waals surface area contributed by atoms with E-state index >= 15 is 0 Å². The zero-order valence-corrected chi connectivity index (χ0v) is 12.7. The van der Waals surface area contributed by atoms with E-state index in [-0.39, 0.29) is 12.6 Å². The van der Waals surface area contributed by atoms with Gasteiger partial charge in [0.05, 0.1) is 0 Å². The van der Waals surface area contributed by atoms with Gasteiger partial charge in [-0.05, 0) is 17.7 Å². The van der Waals surface area contributed by atoms with Crippen LogP contribution in [0.2, 0.25) is 0 Å². The summed E-state index contributed by atoms with van der Waals surface area (Å²) in [6.45, 7) is 4.04. The van der Waals surface area contributed by atoms with Gasteiger partial charge in [0.1, 0.15) is 4.90 Å². The fraction of sp³-hybridized carbons (Fsp3) is 0.500. The van der Waals surface area contributed by atoms with Crippen LogP contribution in [0.4, 0.5) is 8.78 Å². The molecular weight excluding hydrogens is 288 g/mol. The second-order valence-electron chi connectivity index (χ2n) is 4.91. The maximum atomic E-state index is 13.7. The minimum Gasteiger partial charge on any atom is -0.310 e. The lowest BCUT2D eigenvalue weighted by atomic mass is 10.2. The normalized spacial score (nSPS) is 12.4. The molecule has 1 rings (SSSR count). The SMILES string of the molecule is CC(C)NCc1cc(F)c(F)c(S(=O)(=O)NN(C)C)c1. The molecule has 0 aromatic heterocycles. The fourth-order valence-electron chi connectivity index (χ4n) is 1.53. The van der Waals surface area contributed by atoms with Crippen LogP contribution in [0.25, 0.3) is 0 Å². The third-order valence-corrected chi connectivity index (χ3v) is 3.84. The van der Waals surface area contributed by atoms with Crippen molar-refractivity contribution < 1.29 is 17.2 Å². The van der Waals surface area contributed by atoms with Crippen LogP contribution in [-0.4, -0.2) is 33.6 Å². The Morgan fingerprint density at radius 2 is 1.85 bits per heavy atom. The number of halogens is 2. The molecule has 0 bridgehead atoms. The Hall–Kier alpha value is -1.09. The van der Waals surface area contributed by atoms with E-state index in [2.05, 4.69) is 10.1 Å². The van der Waals surface area contributed by atoms with E-state index in [4.69, 9.17) is 0 Å². The van der Waals surface area contributed by atoms with Crippen molar-refractivity contribution >= 4 is 10.0 Å². The average molecular weight is 307 g/mol. The molecular formula is C12H19F2N3O2S. The number of rotatable bonds is 6. The molecule has 8 heteroatoms. The topological polar surface area (TPSA) is 61.4 Å². The van der Waals surface area contributed by atoms with Crippen molar-refractivity contribution in [1.29, 1.82) is 0 Å². The van der Waals surface area contributed by atoms with Gasteiger partial charge >= 0.3 is 0 Å². The van der Waals surface area contributed by atoms with Gasteiger partial charge in [-0.3, -0.25) is 0 Å². The van der Waals surface area contributed by atoms with Gasteiger partial charge in [-0.15, -0.1) is 4.83 Å². The number of hydrogen-bond donors (Lipinski definition) is 2. The Morgan fingerprint density at radius 1 is 1.25 bits per heavy atom. The van der Waals surface area contributed by atoms with E-state index in [0.717, 1.165) is 17.1 Å². The van der Waals surface area contributed by atoms with Crippen molar-refractivity contribution in [2.24, 2.45) is 0 Å². The first-order valence-electron chi connectivity index (χ1n) is 6.04. The summed E-state index contributed by atoms with van der Waals surface area (Å²) in [7, 11) is -1.26. The van der Waals surface area contributed by atoms with E-state index in [9.17, 15) is 17.2 Å². The molecule has 1 aromatic rings. The van der Waals surface area contributed by atoms with Crippen molar-refractivity contribution in [3.05, 3.63) is 29.3 Å². The van der Waals surface area contributed by atoms with Gasteiger partial charge in [0, 0.05) is 26.7 Å². The monoisotopic (exact) mass is 307 g/mol. The second kappa shape index (κ2) is 6.57. The molecule has 20 heavy (non-hydrogen) atoms. The van der Waals surface area contributed by atoms with Crippen molar-refractivity contribution in [1.82, 2.24) is 15.2 Å². The van der Waals surface area contributed by atoms with Crippen LogP contribution in [0.5, 0.6) is 0 Å². The van der Waals surface area contributed by atoms with Gasteiger partial charge in [-0.2, -0.15) is 0 Å². The molecule has 1 aromatic carbocycles. The maximum Gasteiger partial charge on any atom is 0.256 e. The van der Waals surface area contributed by atoms with Gasteiger partial charge in [0.2, 0.25) is 0 Å². The molecule has 0 aliphatic carbocycles. The van der Waals surface area contributed by atoms with Crippen LogP contribution >= 0.6 is 0 Å². The highest BCUT2D eigenvalue weighted by atomic mass is 32.2. The number of nitrogens with zero attached hydrogens (tertiary/aromatic N) is 1. The lowest BCUT2D eigenvalue weighted by Crippen LogP contribution is -2.36. The van der Waals surface area contributed by atoms with Crippen LogP contribution in [0.15, 0.2) is 17.0 Å². The average Bonchev–Trinajstić information content (AvgIpc) is 2.28. The van der Waals surface area contributed by atoms with Gasteiger partial charge in [-0.1, -0.05) is 13.8 Å². The highest BCUT2D eigenvalue weighted by Gasteiger charge is 2.23. The lowest BCUT2D eigenvalue weighted by Gasteiger charge is -2.15. The smallest absolute Gasteiger partial charge is 0.256 e. The zero-order valence-electron chi connectivity index (χ0n) is 11.9. The maximum absolute atomic E-state index is 13.7. The van der Waals surface area contributed by atoms with Gasteiger partial charge in [-0.25, -0.2) is 22.2 Å². The molecule has 0 radical (unpaired) electrons. The molecule has 5 nitrogen and oxygen atoms in total. The Labute approximate surface area is 118 Å². The van der Waals surface area contributed by atoms with Gasteiger partial charge < -0.3 is 5.32 Å². The first-order chi connectivity index (χ1) is 9.13. The van der Waals surface area contributed by atoms with E-state index in [1.54, 1.807) is 0 Å². The van der Waals surface area contributed by atoms with Crippen molar-refractivity contribution in [3.63, 3.8) is 0 Å². The Morgan fingerprint density at radius 3 is 2.35 bits per heavy atom. The molecule has 0 fully saturated rings. The minimum atomic E-state index is -4.14. The third-order valence-electron chi connectivity index (χ3n) is 2.36. The van der Waals surface area contributed by atoms with E-state index in [1.165, 1.54) is 14.1 Å². The Bertz CT molecular complexity index is 574. The number of hydrazine groups is 1. The first-order valence-corrected chi connectivity index (χ1v) is 7.53. The predicted molar refractivity (Wildman–Crippen MR) is 72.3 cm³/mol. The molecule has 0 aliphatic heterocycles. The minimum absolute atomic E-state index is 0.142. The van der Waals surface area contributed by atoms with Crippen molar-refractivity contribution in [2.75, 3.05) is 14.1 Å². The number of hydrogen-bond acceptors (Lipinski definition) is 4. The molecule has 0 aliphatic rings. The molecule has 114 valence electrons. The summed E-state index contributed by atoms with van der Waals surface area (Å²) in [6, 6.07) is 2.25. The Balaban J connectivity index is 3.19. The summed E-state index contributed by atoms with van der Waals surface area (Å²) in [5.74, 6) is -2.57. The summed E-state index contributed by atoms with van der Waals surface area (Å²) < 4.78 is 51.1. The molecule has 2 N–H and O–H groups in total. The molecule has 0 spiro atoms. The van der Waals surface area contributed by atoms with Crippen LogP contribution in [-0.2, 0) is 16.6 Å². The fourth-order valence-corrected chi connectivity index (χ4v) is 2.75. The largest absolute Gasteiger partial charge is 0.310 e. The summed E-state index contributed by atoms with van der Waals surface area (Å²) in [5.41, 5.74) is 0.358. The highest BCUT2D eigenvalue weighted by molar-refractivity contribution is 7.89. The predicted octanol–water partition coefficient (Wildman–Crippen LogP) is 1.22. The quantitative estimate of drug-likeness (QED) is 0.776. The summed E-state index contributed by atoms with van der Waals surface area (Å²) in [5, 5.41) is 4.16. The van der Waals surface area contributed by atoms with Gasteiger partial charge in [0.15, 0.2) is 11.6 Å². The van der Waals surface area contributed by atoms with Crippen molar-refractivity contribution in [2.45, 2.75) is 31.3 Å². The second-order valence-corrected chi connectivity index (χ2v) is 6.54. The summed E-state index contributed by atoms with van der Waals surface area (Å²) in [6.07, 6.45) is 0. The standard InChI is InChI=1S/C12H19F2N3O2S/c1-8(2)15-7-9-5-10(13)12(14)11(6-9)20(18,19)16-17(3)4/h5-6,8,15-16H,7H2,1-4H3. The number of sulfonamides is 1. The molecule has 0 amide bonds. The highest BCUT2D eigenvalue weighted by Crippen LogP contribution is 2.20. The molecule has 0 saturated heterocycles. The number of benzene rings is 1.